The zero-order valence-electron chi connectivity index (χ0n) is 15.3. The molecule has 0 aliphatic carbocycles. The Morgan fingerprint density at radius 1 is 1.28 bits per heavy atom. The summed E-state index contributed by atoms with van der Waals surface area (Å²) in [4.78, 5) is 27.5. The lowest BCUT2D eigenvalue weighted by Crippen LogP contribution is -2.14. The summed E-state index contributed by atoms with van der Waals surface area (Å²) in [6, 6.07) is 7.28. The van der Waals surface area contributed by atoms with Crippen LogP contribution < -0.4 is 5.32 Å². The highest BCUT2D eigenvalue weighted by molar-refractivity contribution is 6.31. The third-order valence-corrected chi connectivity index (χ3v) is 4.74. The van der Waals surface area contributed by atoms with Gasteiger partial charge in [-0.25, -0.2) is 9.50 Å². The van der Waals surface area contributed by atoms with Crippen LogP contribution in [0.4, 0.5) is 11.4 Å². The van der Waals surface area contributed by atoms with Gasteiger partial charge in [0.15, 0.2) is 11.3 Å². The molecule has 3 aromatic heterocycles. The minimum Gasteiger partial charge on any atom is -0.315 e. The number of nitro groups is 1. The molecule has 0 aliphatic rings. The number of amides is 1. The van der Waals surface area contributed by atoms with Crippen molar-refractivity contribution < 1.29 is 9.72 Å². The molecule has 11 heteroatoms. The third-order valence-electron chi connectivity index (χ3n) is 4.51. The summed E-state index contributed by atoms with van der Waals surface area (Å²) in [5, 5.41) is 22.5. The average molecular weight is 412 g/mol. The van der Waals surface area contributed by atoms with E-state index in [4.69, 9.17) is 11.6 Å². The Kier molecular flexibility index (Phi) is 4.47. The van der Waals surface area contributed by atoms with E-state index in [0.29, 0.717) is 5.65 Å². The number of hydrogen-bond acceptors (Lipinski definition) is 6. The van der Waals surface area contributed by atoms with Crippen LogP contribution in [0.5, 0.6) is 0 Å². The van der Waals surface area contributed by atoms with Crippen LogP contribution in [-0.2, 0) is 7.05 Å². The van der Waals surface area contributed by atoms with Gasteiger partial charge in [-0.1, -0.05) is 11.6 Å². The molecule has 1 N–H and O–H groups in total. The van der Waals surface area contributed by atoms with Gasteiger partial charge >= 0.3 is 0 Å². The number of nitrogens with one attached hydrogen (secondary N) is 1. The summed E-state index contributed by atoms with van der Waals surface area (Å²) >= 11 is 5.81. The summed E-state index contributed by atoms with van der Waals surface area (Å²) in [5.41, 5.74) is 2.74. The fourth-order valence-electron chi connectivity index (χ4n) is 2.91. The summed E-state index contributed by atoms with van der Waals surface area (Å²) < 4.78 is 3.27. The summed E-state index contributed by atoms with van der Waals surface area (Å²) in [6.07, 6.45) is 3.33. The number of carbonyl (C=O) groups excluding carboxylic acids is 1. The Bertz CT molecular complexity index is 1280. The first kappa shape index (κ1) is 18.6. The predicted molar refractivity (Wildman–Crippen MR) is 106 cm³/mol. The second-order valence-electron chi connectivity index (χ2n) is 6.27. The molecule has 0 atom stereocenters. The number of rotatable bonds is 4. The van der Waals surface area contributed by atoms with Crippen LogP contribution in [0.25, 0.3) is 16.9 Å². The van der Waals surface area contributed by atoms with Crippen molar-refractivity contribution in [3.05, 3.63) is 69.3 Å². The molecule has 10 nitrogen and oxygen atoms in total. The van der Waals surface area contributed by atoms with E-state index in [0.717, 1.165) is 17.0 Å². The van der Waals surface area contributed by atoms with Crippen LogP contribution in [0, 0.1) is 17.0 Å². The number of halogens is 1. The highest BCUT2D eigenvalue weighted by Crippen LogP contribution is 2.28. The van der Waals surface area contributed by atoms with E-state index >= 15 is 0 Å². The van der Waals surface area contributed by atoms with E-state index in [2.05, 4.69) is 20.5 Å². The number of fused-ring (bicyclic) bond motifs is 1. The fraction of sp³-hybridized carbons (Fsp3) is 0.111. The van der Waals surface area contributed by atoms with Gasteiger partial charge in [0.05, 0.1) is 16.8 Å². The van der Waals surface area contributed by atoms with Crippen molar-refractivity contribution in [3.63, 3.8) is 0 Å². The number of aryl methyl sites for hydroxylation is 1. The monoisotopic (exact) mass is 411 g/mol. The molecule has 146 valence electrons. The molecular weight excluding hydrogens is 398 g/mol. The molecule has 0 saturated heterocycles. The number of carbonyl (C=O) groups is 1. The largest absolute Gasteiger partial charge is 0.315 e. The highest BCUT2D eigenvalue weighted by Gasteiger charge is 2.20. The van der Waals surface area contributed by atoms with Gasteiger partial charge < -0.3 is 5.32 Å². The van der Waals surface area contributed by atoms with Crippen LogP contribution in [0.2, 0.25) is 5.02 Å². The normalized spacial score (nSPS) is 11.0. The zero-order chi connectivity index (χ0) is 20.7. The first-order chi connectivity index (χ1) is 13.8. The van der Waals surface area contributed by atoms with Gasteiger partial charge in [0, 0.05) is 41.7 Å². The van der Waals surface area contributed by atoms with Gasteiger partial charge in [0.25, 0.3) is 11.6 Å². The molecule has 29 heavy (non-hydrogen) atoms. The first-order valence-electron chi connectivity index (χ1n) is 8.44. The van der Waals surface area contributed by atoms with E-state index in [-0.39, 0.29) is 22.1 Å². The van der Waals surface area contributed by atoms with Gasteiger partial charge in [-0.2, -0.15) is 10.2 Å². The van der Waals surface area contributed by atoms with Crippen LogP contribution >= 0.6 is 11.6 Å². The first-order valence-corrected chi connectivity index (χ1v) is 8.82. The lowest BCUT2D eigenvalue weighted by molar-refractivity contribution is -0.383. The van der Waals surface area contributed by atoms with Crippen LogP contribution in [-0.4, -0.2) is 35.2 Å². The topological polar surface area (TPSA) is 120 Å². The standard InChI is InChI=1S/C18H14ClN7O3/c1-10-12(9-21-24(10)2)15-5-6-20-17-8-14(23-25(15)17)18(27)22-13-4-3-11(19)7-16(13)26(28)29/h3-9H,1-2H3,(H,22,27). The molecule has 0 aliphatic heterocycles. The maximum Gasteiger partial charge on any atom is 0.294 e. The minimum absolute atomic E-state index is 0.0257. The van der Waals surface area contributed by atoms with Gasteiger partial charge in [-0.3, -0.25) is 19.6 Å². The van der Waals surface area contributed by atoms with E-state index in [1.54, 1.807) is 23.1 Å². The maximum atomic E-state index is 12.7. The van der Waals surface area contributed by atoms with Gasteiger partial charge in [0.1, 0.15) is 5.69 Å². The molecule has 3 heterocycles. The molecule has 1 aromatic carbocycles. The van der Waals surface area contributed by atoms with E-state index < -0.39 is 10.8 Å². The van der Waals surface area contributed by atoms with Crippen molar-refractivity contribution in [1.82, 2.24) is 24.4 Å². The molecule has 0 spiro atoms. The zero-order valence-corrected chi connectivity index (χ0v) is 16.1. The SMILES string of the molecule is Cc1c(-c2ccnc3cc(C(=O)Nc4ccc(Cl)cc4[N+](=O)[O-])nn23)cnn1C. The Hall–Kier alpha value is -3.79. The number of aromatic nitrogens is 5. The summed E-state index contributed by atoms with van der Waals surface area (Å²) in [6.45, 7) is 1.92. The molecule has 0 saturated carbocycles. The molecule has 4 aromatic rings. The molecular formula is C18H14ClN7O3. The second-order valence-corrected chi connectivity index (χ2v) is 6.71. The highest BCUT2D eigenvalue weighted by atomic mass is 35.5. The number of hydrogen-bond donors (Lipinski definition) is 1. The number of benzene rings is 1. The van der Waals surface area contributed by atoms with Crippen molar-refractivity contribution in [2.75, 3.05) is 5.32 Å². The van der Waals surface area contributed by atoms with Crippen molar-refractivity contribution in [2.24, 2.45) is 7.05 Å². The van der Waals surface area contributed by atoms with E-state index in [1.165, 1.54) is 28.8 Å². The average Bonchev–Trinajstić information content (AvgIpc) is 3.27. The molecule has 4 rings (SSSR count). The van der Waals surface area contributed by atoms with E-state index in [1.807, 2.05) is 14.0 Å². The number of nitro benzene ring substituents is 1. The smallest absolute Gasteiger partial charge is 0.294 e. The van der Waals surface area contributed by atoms with Gasteiger partial charge in [0.2, 0.25) is 0 Å². The van der Waals surface area contributed by atoms with Gasteiger partial charge in [-0.05, 0) is 25.1 Å². The van der Waals surface area contributed by atoms with Crippen LogP contribution in [0.15, 0.2) is 42.7 Å². The Morgan fingerprint density at radius 3 is 2.76 bits per heavy atom. The number of nitrogens with zero attached hydrogens (tertiary/aromatic N) is 6. The van der Waals surface area contributed by atoms with Crippen molar-refractivity contribution in [1.29, 1.82) is 0 Å². The fourth-order valence-corrected chi connectivity index (χ4v) is 3.07. The van der Waals surface area contributed by atoms with Crippen LogP contribution in [0.1, 0.15) is 16.2 Å². The number of anilines is 1. The van der Waals surface area contributed by atoms with Gasteiger partial charge in [-0.15, -0.1) is 0 Å². The Labute approximate surface area is 168 Å². The Morgan fingerprint density at radius 2 is 2.07 bits per heavy atom. The molecule has 1 amide bonds. The Balaban J connectivity index is 1.73. The quantitative estimate of drug-likeness (QED) is 0.406. The minimum atomic E-state index is -0.615. The lowest BCUT2D eigenvalue weighted by atomic mass is 10.2. The maximum absolute atomic E-state index is 12.7. The van der Waals surface area contributed by atoms with Crippen molar-refractivity contribution in [3.8, 4) is 11.3 Å². The summed E-state index contributed by atoms with van der Waals surface area (Å²) in [5.74, 6) is -0.602. The second kappa shape index (κ2) is 6.99. The van der Waals surface area contributed by atoms with Crippen LogP contribution in [0.3, 0.4) is 0 Å². The summed E-state index contributed by atoms with van der Waals surface area (Å²) in [7, 11) is 1.83. The third kappa shape index (κ3) is 3.29. The lowest BCUT2D eigenvalue weighted by Gasteiger charge is -2.05. The molecule has 0 bridgehead atoms. The molecule has 0 radical (unpaired) electrons. The van der Waals surface area contributed by atoms with Crippen molar-refractivity contribution >= 4 is 34.5 Å². The van der Waals surface area contributed by atoms with Crippen molar-refractivity contribution in [2.45, 2.75) is 6.92 Å². The molecule has 0 unspecified atom stereocenters. The van der Waals surface area contributed by atoms with E-state index in [9.17, 15) is 14.9 Å². The predicted octanol–water partition coefficient (Wildman–Crippen LogP) is 3.25. The molecule has 0 fully saturated rings.